The third-order valence-electron chi connectivity index (χ3n) is 3.60. The molecule has 0 aromatic carbocycles. The number of ether oxygens (including phenoxy) is 1. The average Bonchev–Trinajstić information content (AvgIpc) is 2.58. The normalized spacial score (nSPS) is 16.3. The van der Waals surface area contributed by atoms with Crippen molar-refractivity contribution in [3.05, 3.63) is 30.1 Å². The van der Waals surface area contributed by atoms with Crippen molar-refractivity contribution in [3.63, 3.8) is 0 Å². The van der Waals surface area contributed by atoms with Gasteiger partial charge in [0.2, 0.25) is 0 Å². The predicted octanol–water partition coefficient (Wildman–Crippen LogP) is -0.425. The lowest BCUT2D eigenvalue weighted by Crippen LogP contribution is -3.14. The van der Waals surface area contributed by atoms with Gasteiger partial charge in [-0.15, -0.1) is 0 Å². The lowest BCUT2D eigenvalue weighted by Gasteiger charge is -2.23. The Hall–Kier alpha value is -1.57. The number of aromatic nitrogens is 1. The smallest absolute Gasteiger partial charge is 0.186 e. The van der Waals surface area contributed by atoms with Crippen molar-refractivity contribution in [2.45, 2.75) is 13.3 Å². The van der Waals surface area contributed by atoms with E-state index in [0.29, 0.717) is 5.11 Å². The molecule has 0 unspecified atom stereocenters. The first kappa shape index (κ1) is 16.8. The second-order valence-electron chi connectivity index (χ2n) is 5.27. The Morgan fingerprint density at radius 1 is 1.45 bits per heavy atom. The van der Waals surface area contributed by atoms with Crippen molar-refractivity contribution in [2.24, 2.45) is 5.10 Å². The Morgan fingerprint density at radius 3 is 3.00 bits per heavy atom. The molecule has 0 bridgehead atoms. The Kier molecular flexibility index (Phi) is 7.21. The van der Waals surface area contributed by atoms with Crippen LogP contribution < -0.4 is 15.6 Å². The molecule has 0 spiro atoms. The van der Waals surface area contributed by atoms with Crippen LogP contribution >= 0.6 is 12.2 Å². The summed E-state index contributed by atoms with van der Waals surface area (Å²) in [5, 5.41) is 8.00. The van der Waals surface area contributed by atoms with Gasteiger partial charge in [0.1, 0.15) is 13.1 Å². The van der Waals surface area contributed by atoms with E-state index in [1.54, 1.807) is 17.3 Å². The fourth-order valence-electron chi connectivity index (χ4n) is 2.27. The summed E-state index contributed by atoms with van der Waals surface area (Å²) in [5.41, 5.74) is 4.71. The number of hydrogen-bond donors (Lipinski definition) is 3. The van der Waals surface area contributed by atoms with E-state index < -0.39 is 0 Å². The summed E-state index contributed by atoms with van der Waals surface area (Å²) in [6, 6.07) is 3.86. The molecule has 2 rings (SSSR count). The summed E-state index contributed by atoms with van der Waals surface area (Å²) in [6.07, 6.45) is 4.61. The van der Waals surface area contributed by atoms with Crippen LogP contribution in [0.25, 0.3) is 0 Å². The van der Waals surface area contributed by atoms with Crippen LogP contribution in [0.3, 0.4) is 0 Å². The molecule has 1 aliphatic rings. The van der Waals surface area contributed by atoms with Gasteiger partial charge in [-0.05, 0) is 25.2 Å². The van der Waals surface area contributed by atoms with Crippen molar-refractivity contribution in [1.82, 2.24) is 15.7 Å². The first-order chi connectivity index (χ1) is 10.8. The molecule has 22 heavy (non-hydrogen) atoms. The zero-order valence-electron chi connectivity index (χ0n) is 13.0. The van der Waals surface area contributed by atoms with E-state index in [4.69, 9.17) is 17.0 Å². The number of hydrogen-bond acceptors (Lipinski definition) is 4. The minimum atomic E-state index is 0.556. The van der Waals surface area contributed by atoms with E-state index in [-0.39, 0.29) is 0 Å². The van der Waals surface area contributed by atoms with Gasteiger partial charge in [-0.3, -0.25) is 10.4 Å². The molecule has 0 atom stereocenters. The van der Waals surface area contributed by atoms with Gasteiger partial charge in [0.15, 0.2) is 5.11 Å². The van der Waals surface area contributed by atoms with E-state index in [0.717, 1.165) is 57.1 Å². The fraction of sp³-hybridized carbons (Fsp3) is 0.533. The molecule has 1 saturated heterocycles. The molecule has 2 heterocycles. The lowest BCUT2D eigenvalue weighted by molar-refractivity contribution is -0.908. The maximum Gasteiger partial charge on any atom is 0.186 e. The van der Waals surface area contributed by atoms with Crippen LogP contribution in [0.4, 0.5) is 0 Å². The molecule has 1 aliphatic heterocycles. The van der Waals surface area contributed by atoms with Crippen molar-refractivity contribution in [1.29, 1.82) is 0 Å². The largest absolute Gasteiger partial charge is 0.370 e. The Balaban J connectivity index is 1.61. The number of pyridine rings is 1. The van der Waals surface area contributed by atoms with Crippen LogP contribution in [0.2, 0.25) is 0 Å². The van der Waals surface area contributed by atoms with Gasteiger partial charge >= 0.3 is 0 Å². The summed E-state index contributed by atoms with van der Waals surface area (Å²) in [4.78, 5) is 5.68. The SMILES string of the molecule is C/C(=N/NC(=S)NCCC[NH+]1CCOCC1)c1cccnc1. The highest BCUT2D eigenvalue weighted by atomic mass is 32.1. The van der Waals surface area contributed by atoms with Crippen molar-refractivity contribution < 1.29 is 9.64 Å². The number of morpholine rings is 1. The molecule has 0 saturated carbocycles. The van der Waals surface area contributed by atoms with Crippen LogP contribution in [0, 0.1) is 0 Å². The summed E-state index contributed by atoms with van der Waals surface area (Å²) in [5.74, 6) is 0. The second kappa shape index (κ2) is 9.45. The van der Waals surface area contributed by atoms with Crippen molar-refractivity contribution >= 4 is 23.0 Å². The number of nitrogens with one attached hydrogen (secondary N) is 3. The maximum atomic E-state index is 5.35. The van der Waals surface area contributed by atoms with Gasteiger partial charge in [-0.25, -0.2) is 0 Å². The van der Waals surface area contributed by atoms with Crippen molar-refractivity contribution in [2.75, 3.05) is 39.4 Å². The highest BCUT2D eigenvalue weighted by Crippen LogP contribution is 1.97. The number of quaternary nitrogens is 1. The highest BCUT2D eigenvalue weighted by Gasteiger charge is 2.12. The monoisotopic (exact) mass is 322 g/mol. The second-order valence-corrected chi connectivity index (χ2v) is 5.68. The number of rotatable bonds is 6. The fourth-order valence-corrected chi connectivity index (χ4v) is 2.41. The van der Waals surface area contributed by atoms with E-state index in [1.807, 2.05) is 19.1 Å². The van der Waals surface area contributed by atoms with Crippen molar-refractivity contribution in [3.8, 4) is 0 Å². The average molecular weight is 322 g/mol. The Morgan fingerprint density at radius 2 is 2.27 bits per heavy atom. The predicted molar refractivity (Wildman–Crippen MR) is 91.2 cm³/mol. The molecule has 1 aromatic heterocycles. The van der Waals surface area contributed by atoms with Gasteiger partial charge in [-0.1, -0.05) is 6.07 Å². The summed E-state index contributed by atoms with van der Waals surface area (Å²) < 4.78 is 5.35. The molecule has 120 valence electrons. The number of nitrogens with zero attached hydrogens (tertiary/aromatic N) is 2. The number of thiocarbonyl (C=S) groups is 1. The first-order valence-electron chi connectivity index (χ1n) is 7.65. The maximum absolute atomic E-state index is 5.35. The lowest BCUT2D eigenvalue weighted by atomic mass is 10.2. The summed E-state index contributed by atoms with van der Waals surface area (Å²) >= 11 is 5.22. The number of hydrazone groups is 1. The summed E-state index contributed by atoms with van der Waals surface area (Å²) in [7, 11) is 0. The van der Waals surface area contributed by atoms with Crippen LogP contribution in [0.15, 0.2) is 29.6 Å². The zero-order valence-corrected chi connectivity index (χ0v) is 13.8. The standard InChI is InChI=1S/C15H23N5OS/c1-13(14-4-2-5-16-12-14)18-19-15(22)17-6-3-7-20-8-10-21-11-9-20/h2,4-5,12H,3,6-11H2,1H3,(H2,17,19,22)/p+1/b18-13-. The van der Waals surface area contributed by atoms with Gasteiger partial charge in [-0.2, -0.15) is 5.10 Å². The Bertz CT molecular complexity index is 488. The molecular formula is C15H24N5OS+. The zero-order chi connectivity index (χ0) is 15.6. The van der Waals surface area contributed by atoms with Crippen LogP contribution in [0.5, 0.6) is 0 Å². The molecule has 0 amide bonds. The molecule has 6 nitrogen and oxygen atoms in total. The van der Waals surface area contributed by atoms with Crippen LogP contribution in [-0.4, -0.2) is 55.2 Å². The Labute approximate surface area is 136 Å². The molecule has 1 aromatic rings. The van der Waals surface area contributed by atoms with Gasteiger partial charge in [0, 0.05) is 30.9 Å². The van der Waals surface area contributed by atoms with Gasteiger partial charge < -0.3 is 15.0 Å². The molecule has 7 heteroatoms. The van der Waals surface area contributed by atoms with E-state index in [1.165, 1.54) is 0 Å². The highest BCUT2D eigenvalue weighted by molar-refractivity contribution is 7.80. The molecule has 0 radical (unpaired) electrons. The van der Waals surface area contributed by atoms with E-state index >= 15 is 0 Å². The quantitative estimate of drug-likeness (QED) is 0.287. The van der Waals surface area contributed by atoms with E-state index in [2.05, 4.69) is 20.8 Å². The van der Waals surface area contributed by atoms with Crippen LogP contribution in [0.1, 0.15) is 18.9 Å². The molecule has 1 fully saturated rings. The third-order valence-corrected chi connectivity index (χ3v) is 3.83. The molecular weight excluding hydrogens is 298 g/mol. The summed E-state index contributed by atoms with van der Waals surface area (Å²) in [6.45, 7) is 7.91. The topological polar surface area (TPSA) is 63.0 Å². The van der Waals surface area contributed by atoms with Gasteiger partial charge in [0.25, 0.3) is 0 Å². The molecule has 3 N–H and O–H groups in total. The van der Waals surface area contributed by atoms with E-state index in [9.17, 15) is 0 Å². The van der Waals surface area contributed by atoms with Gasteiger partial charge in [0.05, 0.1) is 25.5 Å². The minimum absolute atomic E-state index is 0.556. The third kappa shape index (κ3) is 6.05. The molecule has 0 aliphatic carbocycles. The first-order valence-corrected chi connectivity index (χ1v) is 8.06. The minimum Gasteiger partial charge on any atom is -0.370 e. The van der Waals surface area contributed by atoms with Crippen LogP contribution in [-0.2, 0) is 4.74 Å².